The molecule has 164 valence electrons. The number of primary sulfonamides is 1. The van der Waals surface area contributed by atoms with Crippen molar-refractivity contribution in [1.82, 2.24) is 0 Å². The largest absolute Gasteiger partial charge is 0.452 e. The Morgan fingerprint density at radius 2 is 1.56 bits per heavy atom. The van der Waals surface area contributed by atoms with E-state index in [0.29, 0.717) is 16.3 Å². The third-order valence-corrected chi connectivity index (χ3v) is 5.47. The molecule has 0 aliphatic carbocycles. The van der Waals surface area contributed by atoms with Gasteiger partial charge in [0.1, 0.15) is 0 Å². The van der Waals surface area contributed by atoms with E-state index in [0.717, 1.165) is 5.56 Å². The van der Waals surface area contributed by atoms with Gasteiger partial charge in [0.15, 0.2) is 6.61 Å². The minimum Gasteiger partial charge on any atom is -0.452 e. The van der Waals surface area contributed by atoms with E-state index in [1.807, 2.05) is 30.3 Å². The highest BCUT2D eigenvalue weighted by Gasteiger charge is 2.16. The second kappa shape index (κ2) is 10.2. The maximum absolute atomic E-state index is 12.8. The van der Waals surface area contributed by atoms with Crippen LogP contribution in [0.5, 0.6) is 0 Å². The summed E-state index contributed by atoms with van der Waals surface area (Å²) in [6.45, 7) is -0.532. The molecule has 0 unspecified atom stereocenters. The van der Waals surface area contributed by atoms with E-state index < -0.39 is 28.5 Å². The summed E-state index contributed by atoms with van der Waals surface area (Å²) >= 11 is 5.94. The number of amides is 1. The molecule has 3 aromatic rings. The van der Waals surface area contributed by atoms with Crippen molar-refractivity contribution in [2.24, 2.45) is 5.14 Å². The lowest BCUT2D eigenvalue weighted by Gasteiger charge is -2.10. The van der Waals surface area contributed by atoms with Crippen molar-refractivity contribution < 1.29 is 22.7 Å². The predicted molar refractivity (Wildman–Crippen MR) is 123 cm³/mol. The fraction of sp³-hybridized carbons (Fsp3) is 0.0435. The van der Waals surface area contributed by atoms with Crippen LogP contribution in [-0.4, -0.2) is 26.9 Å². The topological polar surface area (TPSA) is 116 Å². The Morgan fingerprint density at radius 3 is 2.16 bits per heavy atom. The first-order valence-electron chi connectivity index (χ1n) is 9.35. The molecule has 0 radical (unpaired) electrons. The van der Waals surface area contributed by atoms with Crippen LogP contribution in [0.3, 0.4) is 0 Å². The van der Waals surface area contributed by atoms with Gasteiger partial charge in [0.25, 0.3) is 5.91 Å². The van der Waals surface area contributed by atoms with E-state index in [9.17, 15) is 18.0 Å². The molecule has 0 aromatic heterocycles. The number of carbonyl (C=O) groups excluding carboxylic acids is 2. The number of carbonyl (C=O) groups is 2. The molecule has 3 rings (SSSR count). The Bertz CT molecular complexity index is 1240. The molecule has 9 heteroatoms. The smallest absolute Gasteiger partial charge is 0.339 e. The van der Waals surface area contributed by atoms with Gasteiger partial charge in [-0.05, 0) is 53.6 Å². The first kappa shape index (κ1) is 23.2. The van der Waals surface area contributed by atoms with Crippen LogP contribution in [0.1, 0.15) is 11.1 Å². The summed E-state index contributed by atoms with van der Waals surface area (Å²) < 4.78 is 27.8. The second-order valence-electron chi connectivity index (χ2n) is 6.67. The number of anilines is 1. The first-order valence-corrected chi connectivity index (χ1v) is 11.3. The number of hydrogen-bond acceptors (Lipinski definition) is 5. The highest BCUT2D eigenvalue weighted by molar-refractivity contribution is 7.89. The highest BCUT2D eigenvalue weighted by Crippen LogP contribution is 2.22. The van der Waals surface area contributed by atoms with Gasteiger partial charge in [-0.3, -0.25) is 4.79 Å². The standard InChI is InChI=1S/C23H19ClN2O5S/c24-18-8-6-17(7-9-18)21(14-16-4-2-1-3-5-16)23(28)31-15-22(27)26-19-10-12-20(13-11-19)32(25,29)30/h1-14H,15H2,(H,26,27)(H2,25,29,30)/b21-14+. The van der Waals surface area contributed by atoms with Crippen LogP contribution in [-0.2, 0) is 24.3 Å². The number of sulfonamides is 1. The zero-order valence-electron chi connectivity index (χ0n) is 16.7. The molecule has 0 saturated heterocycles. The number of nitrogens with one attached hydrogen (secondary N) is 1. The summed E-state index contributed by atoms with van der Waals surface area (Å²) in [6, 6.07) is 21.2. The molecule has 0 heterocycles. The minimum absolute atomic E-state index is 0.0828. The molecule has 0 atom stereocenters. The van der Waals surface area contributed by atoms with Crippen molar-refractivity contribution in [3.05, 3.63) is 95.0 Å². The van der Waals surface area contributed by atoms with E-state index >= 15 is 0 Å². The van der Waals surface area contributed by atoms with Crippen LogP contribution in [0.2, 0.25) is 5.02 Å². The van der Waals surface area contributed by atoms with Crippen LogP contribution in [0.25, 0.3) is 11.6 Å². The third-order valence-electron chi connectivity index (χ3n) is 4.29. The molecule has 3 aromatic carbocycles. The predicted octanol–water partition coefficient (Wildman–Crippen LogP) is 3.71. The van der Waals surface area contributed by atoms with Gasteiger partial charge >= 0.3 is 5.97 Å². The normalized spacial score (nSPS) is 11.6. The first-order chi connectivity index (χ1) is 15.2. The SMILES string of the molecule is NS(=O)(=O)c1ccc(NC(=O)COC(=O)/C(=C/c2ccccc2)c2ccc(Cl)cc2)cc1. The number of halogens is 1. The molecular weight excluding hydrogens is 452 g/mol. The van der Waals surface area contributed by atoms with Crippen LogP contribution in [0, 0.1) is 0 Å². The summed E-state index contributed by atoms with van der Waals surface area (Å²) in [5.74, 6) is -1.27. The Hall–Kier alpha value is -3.46. The van der Waals surface area contributed by atoms with Gasteiger partial charge in [-0.15, -0.1) is 0 Å². The fourth-order valence-corrected chi connectivity index (χ4v) is 3.38. The Labute approximate surface area is 190 Å². The van der Waals surface area contributed by atoms with E-state index in [1.54, 1.807) is 30.3 Å². The van der Waals surface area contributed by atoms with E-state index in [-0.39, 0.29) is 10.5 Å². The molecule has 0 fully saturated rings. The molecule has 0 aliphatic heterocycles. The zero-order chi connectivity index (χ0) is 23.1. The monoisotopic (exact) mass is 470 g/mol. The van der Waals surface area contributed by atoms with Crippen molar-refractivity contribution in [2.45, 2.75) is 4.90 Å². The van der Waals surface area contributed by atoms with Gasteiger partial charge in [-0.1, -0.05) is 54.1 Å². The number of nitrogens with two attached hydrogens (primary N) is 1. The number of benzene rings is 3. The Balaban J connectivity index is 1.70. The highest BCUT2D eigenvalue weighted by atomic mass is 35.5. The number of ether oxygens (including phenoxy) is 1. The van der Waals surface area contributed by atoms with E-state index in [2.05, 4.69) is 5.32 Å². The summed E-state index contributed by atoms with van der Waals surface area (Å²) in [6.07, 6.45) is 1.66. The number of rotatable bonds is 7. The summed E-state index contributed by atoms with van der Waals surface area (Å²) in [4.78, 5) is 24.9. The van der Waals surface area contributed by atoms with Crippen molar-refractivity contribution in [1.29, 1.82) is 0 Å². The van der Waals surface area contributed by atoms with Gasteiger partial charge in [0, 0.05) is 10.7 Å². The molecule has 0 spiro atoms. The molecule has 0 aliphatic rings. The second-order valence-corrected chi connectivity index (χ2v) is 8.67. The third kappa shape index (κ3) is 6.52. The molecule has 0 bridgehead atoms. The molecule has 32 heavy (non-hydrogen) atoms. The van der Waals surface area contributed by atoms with Gasteiger partial charge in [-0.2, -0.15) is 0 Å². The lowest BCUT2D eigenvalue weighted by molar-refractivity contribution is -0.141. The zero-order valence-corrected chi connectivity index (χ0v) is 18.3. The molecule has 7 nitrogen and oxygen atoms in total. The van der Waals surface area contributed by atoms with Gasteiger partial charge < -0.3 is 10.1 Å². The summed E-state index contributed by atoms with van der Waals surface area (Å²) in [7, 11) is -3.83. The minimum atomic E-state index is -3.83. The van der Waals surface area contributed by atoms with Crippen molar-refractivity contribution in [3.8, 4) is 0 Å². The number of hydrogen-bond donors (Lipinski definition) is 2. The van der Waals surface area contributed by atoms with Crippen LogP contribution in [0.15, 0.2) is 83.8 Å². The lowest BCUT2D eigenvalue weighted by atomic mass is 10.0. The maximum atomic E-state index is 12.8. The molecule has 1 amide bonds. The van der Waals surface area contributed by atoms with Gasteiger partial charge in [0.05, 0.1) is 10.5 Å². The van der Waals surface area contributed by atoms with Crippen LogP contribution < -0.4 is 10.5 Å². The fourth-order valence-electron chi connectivity index (χ4n) is 2.74. The van der Waals surface area contributed by atoms with Crippen molar-refractivity contribution >= 4 is 50.8 Å². The van der Waals surface area contributed by atoms with Gasteiger partial charge in [-0.25, -0.2) is 18.4 Å². The lowest BCUT2D eigenvalue weighted by Crippen LogP contribution is -2.21. The van der Waals surface area contributed by atoms with Crippen molar-refractivity contribution in [3.63, 3.8) is 0 Å². The number of esters is 1. The van der Waals surface area contributed by atoms with Gasteiger partial charge in [0.2, 0.25) is 10.0 Å². The molecule has 3 N–H and O–H groups in total. The van der Waals surface area contributed by atoms with E-state index in [1.165, 1.54) is 24.3 Å². The quantitative estimate of drug-likeness (QED) is 0.310. The summed E-state index contributed by atoms with van der Waals surface area (Å²) in [5.41, 5.74) is 1.96. The average molecular weight is 471 g/mol. The molecular formula is C23H19ClN2O5S. The Kier molecular flexibility index (Phi) is 7.42. The average Bonchev–Trinajstić information content (AvgIpc) is 2.77. The van der Waals surface area contributed by atoms with Crippen LogP contribution in [0.4, 0.5) is 5.69 Å². The maximum Gasteiger partial charge on any atom is 0.339 e. The molecule has 0 saturated carbocycles. The van der Waals surface area contributed by atoms with Crippen molar-refractivity contribution in [2.75, 3.05) is 11.9 Å². The summed E-state index contributed by atoms with van der Waals surface area (Å²) in [5, 5.41) is 8.09. The Morgan fingerprint density at radius 1 is 0.938 bits per heavy atom. The van der Waals surface area contributed by atoms with Crippen LogP contribution >= 0.6 is 11.6 Å². The van der Waals surface area contributed by atoms with E-state index in [4.69, 9.17) is 21.5 Å².